The van der Waals surface area contributed by atoms with Crippen molar-refractivity contribution in [2.45, 2.75) is 24.6 Å². The van der Waals surface area contributed by atoms with Gasteiger partial charge in [0.15, 0.2) is 5.76 Å². The first-order valence-corrected chi connectivity index (χ1v) is 6.12. The lowest BCUT2D eigenvalue weighted by molar-refractivity contribution is -0.402. The van der Waals surface area contributed by atoms with Gasteiger partial charge < -0.3 is 9.73 Å². The van der Waals surface area contributed by atoms with E-state index in [1.54, 1.807) is 0 Å². The van der Waals surface area contributed by atoms with E-state index in [2.05, 4.69) is 21.2 Å². The van der Waals surface area contributed by atoms with Crippen molar-refractivity contribution < 1.29 is 14.1 Å². The summed E-state index contributed by atoms with van der Waals surface area (Å²) in [6.07, 6.45) is 1.77. The first kappa shape index (κ1) is 13.7. The van der Waals surface area contributed by atoms with E-state index >= 15 is 0 Å². The van der Waals surface area contributed by atoms with E-state index in [1.807, 2.05) is 6.92 Å². The highest BCUT2D eigenvalue weighted by molar-refractivity contribution is 9.09. The Balaban J connectivity index is 2.44. The monoisotopic (exact) mass is 304 g/mol. The maximum Gasteiger partial charge on any atom is 0.433 e. The van der Waals surface area contributed by atoms with Crippen LogP contribution in [0.2, 0.25) is 0 Å². The zero-order valence-corrected chi connectivity index (χ0v) is 10.9. The lowest BCUT2D eigenvalue weighted by atomic mass is 10.2. The predicted molar refractivity (Wildman–Crippen MR) is 65.3 cm³/mol. The Kier molecular flexibility index (Phi) is 5.14. The standard InChI is InChI=1S/C10H13BrN2O4/c1-2-7(11)5-6-12-10(14)8-3-4-9(17-8)13(15)16/h3-4,7H,2,5-6H2,1H3,(H,12,14). The molecule has 1 amide bonds. The van der Waals surface area contributed by atoms with Gasteiger partial charge >= 0.3 is 5.88 Å². The minimum Gasteiger partial charge on any atom is -0.395 e. The van der Waals surface area contributed by atoms with Crippen LogP contribution in [0.4, 0.5) is 5.88 Å². The summed E-state index contributed by atoms with van der Waals surface area (Å²) in [5.74, 6) is -0.907. The van der Waals surface area contributed by atoms with Crippen molar-refractivity contribution in [3.8, 4) is 0 Å². The molecule has 0 saturated heterocycles. The summed E-state index contributed by atoms with van der Waals surface area (Å²) in [5, 5.41) is 13.0. The van der Waals surface area contributed by atoms with Crippen LogP contribution in [-0.2, 0) is 0 Å². The van der Waals surface area contributed by atoms with Gasteiger partial charge in [-0.25, -0.2) is 0 Å². The molecular formula is C10H13BrN2O4. The molecule has 17 heavy (non-hydrogen) atoms. The van der Waals surface area contributed by atoms with Crippen molar-refractivity contribution in [1.29, 1.82) is 0 Å². The Morgan fingerprint density at radius 3 is 2.88 bits per heavy atom. The fraction of sp³-hybridized carbons (Fsp3) is 0.500. The number of halogens is 1. The van der Waals surface area contributed by atoms with Gasteiger partial charge in [-0.05, 0) is 18.9 Å². The van der Waals surface area contributed by atoms with Gasteiger partial charge in [0, 0.05) is 11.4 Å². The molecule has 0 spiro atoms. The van der Waals surface area contributed by atoms with Crippen LogP contribution in [-0.4, -0.2) is 22.2 Å². The number of carbonyl (C=O) groups excluding carboxylic acids is 1. The van der Waals surface area contributed by atoms with Crippen LogP contribution in [0.15, 0.2) is 16.5 Å². The largest absolute Gasteiger partial charge is 0.433 e. The van der Waals surface area contributed by atoms with Crippen LogP contribution in [0.1, 0.15) is 30.3 Å². The molecule has 0 aliphatic carbocycles. The third kappa shape index (κ3) is 4.18. The van der Waals surface area contributed by atoms with E-state index in [-0.39, 0.29) is 5.76 Å². The van der Waals surface area contributed by atoms with E-state index in [4.69, 9.17) is 4.42 Å². The average molecular weight is 305 g/mol. The lowest BCUT2D eigenvalue weighted by Crippen LogP contribution is -2.25. The molecule has 1 rings (SSSR count). The van der Waals surface area contributed by atoms with Crippen LogP contribution in [0, 0.1) is 10.1 Å². The highest BCUT2D eigenvalue weighted by atomic mass is 79.9. The number of nitrogens with one attached hydrogen (secondary N) is 1. The molecule has 6 nitrogen and oxygen atoms in total. The fourth-order valence-electron chi connectivity index (χ4n) is 1.18. The van der Waals surface area contributed by atoms with E-state index in [0.29, 0.717) is 11.4 Å². The van der Waals surface area contributed by atoms with Crippen molar-refractivity contribution in [2.24, 2.45) is 0 Å². The van der Waals surface area contributed by atoms with Crippen LogP contribution in [0.5, 0.6) is 0 Å². The Labute approximate surface area is 107 Å². The van der Waals surface area contributed by atoms with Crippen molar-refractivity contribution >= 4 is 27.7 Å². The zero-order chi connectivity index (χ0) is 12.8. The van der Waals surface area contributed by atoms with Gasteiger partial charge in [-0.3, -0.25) is 14.9 Å². The first-order valence-electron chi connectivity index (χ1n) is 5.21. The van der Waals surface area contributed by atoms with Crippen molar-refractivity contribution in [3.05, 3.63) is 28.0 Å². The second-order valence-electron chi connectivity index (χ2n) is 3.45. The van der Waals surface area contributed by atoms with Gasteiger partial charge in [-0.2, -0.15) is 0 Å². The minimum atomic E-state index is -0.678. The smallest absolute Gasteiger partial charge is 0.395 e. The normalized spacial score (nSPS) is 12.1. The summed E-state index contributed by atoms with van der Waals surface area (Å²) in [6.45, 7) is 2.54. The molecule has 1 aromatic heterocycles. The maximum absolute atomic E-state index is 11.5. The number of amides is 1. The van der Waals surface area contributed by atoms with Crippen molar-refractivity contribution in [1.82, 2.24) is 5.32 Å². The quantitative estimate of drug-likeness (QED) is 0.497. The Hall–Kier alpha value is -1.37. The number of hydrogen-bond donors (Lipinski definition) is 1. The molecule has 1 aromatic rings. The van der Waals surface area contributed by atoms with Gasteiger partial charge in [0.1, 0.15) is 4.92 Å². The van der Waals surface area contributed by atoms with Gasteiger partial charge in [-0.1, -0.05) is 22.9 Å². The molecule has 0 aliphatic rings. The molecule has 0 aromatic carbocycles. The predicted octanol–water partition coefficient (Wildman–Crippen LogP) is 2.48. The Bertz CT molecular complexity index is 405. The molecule has 0 bridgehead atoms. The van der Waals surface area contributed by atoms with Gasteiger partial charge in [0.05, 0.1) is 6.07 Å². The molecule has 1 heterocycles. The fourth-order valence-corrected chi connectivity index (χ4v) is 1.41. The molecule has 1 N–H and O–H groups in total. The lowest BCUT2D eigenvalue weighted by Gasteiger charge is -2.06. The molecular weight excluding hydrogens is 292 g/mol. The third-order valence-corrected chi connectivity index (χ3v) is 3.29. The number of furan rings is 1. The van der Waals surface area contributed by atoms with Crippen molar-refractivity contribution in [3.63, 3.8) is 0 Å². The van der Waals surface area contributed by atoms with E-state index in [9.17, 15) is 14.9 Å². The van der Waals surface area contributed by atoms with Gasteiger partial charge in [0.2, 0.25) is 0 Å². The highest BCUT2D eigenvalue weighted by Gasteiger charge is 2.16. The second-order valence-corrected chi connectivity index (χ2v) is 4.74. The summed E-state index contributed by atoms with van der Waals surface area (Å²) in [4.78, 5) is 21.5. The average Bonchev–Trinajstić information content (AvgIpc) is 2.78. The minimum absolute atomic E-state index is 0.0423. The van der Waals surface area contributed by atoms with Crippen LogP contribution >= 0.6 is 15.9 Å². The topological polar surface area (TPSA) is 85.4 Å². The van der Waals surface area contributed by atoms with E-state index in [0.717, 1.165) is 18.9 Å². The summed E-state index contributed by atoms with van der Waals surface area (Å²) in [7, 11) is 0. The number of rotatable bonds is 6. The summed E-state index contributed by atoms with van der Waals surface area (Å²) in [6, 6.07) is 2.45. The number of carbonyl (C=O) groups is 1. The number of hydrogen-bond acceptors (Lipinski definition) is 4. The van der Waals surface area contributed by atoms with Crippen LogP contribution < -0.4 is 5.32 Å². The number of nitrogens with zero attached hydrogens (tertiary/aromatic N) is 1. The zero-order valence-electron chi connectivity index (χ0n) is 9.31. The SMILES string of the molecule is CCC(Br)CCNC(=O)c1ccc([N+](=O)[O-])o1. The molecule has 0 aliphatic heterocycles. The molecule has 1 atom stereocenters. The molecule has 0 saturated carbocycles. The molecule has 0 fully saturated rings. The Morgan fingerprint density at radius 2 is 2.35 bits per heavy atom. The molecule has 1 unspecified atom stereocenters. The first-order chi connectivity index (χ1) is 8.04. The molecule has 94 valence electrons. The molecule has 7 heteroatoms. The third-order valence-electron chi connectivity index (χ3n) is 2.18. The van der Waals surface area contributed by atoms with E-state index < -0.39 is 16.7 Å². The Morgan fingerprint density at radius 1 is 1.65 bits per heavy atom. The highest BCUT2D eigenvalue weighted by Crippen LogP contribution is 2.15. The summed E-state index contributed by atoms with van der Waals surface area (Å²) < 4.78 is 4.77. The maximum atomic E-state index is 11.5. The number of nitro groups is 1. The molecule has 0 radical (unpaired) electrons. The van der Waals surface area contributed by atoms with Crippen LogP contribution in [0.3, 0.4) is 0 Å². The summed E-state index contributed by atoms with van der Waals surface area (Å²) in [5.41, 5.74) is 0. The van der Waals surface area contributed by atoms with Crippen molar-refractivity contribution in [2.75, 3.05) is 6.54 Å². The van der Waals surface area contributed by atoms with Gasteiger partial charge in [0.25, 0.3) is 5.91 Å². The number of alkyl halides is 1. The summed E-state index contributed by atoms with van der Waals surface area (Å²) >= 11 is 3.44. The van der Waals surface area contributed by atoms with Gasteiger partial charge in [-0.15, -0.1) is 0 Å². The van der Waals surface area contributed by atoms with Crippen LogP contribution in [0.25, 0.3) is 0 Å². The van der Waals surface area contributed by atoms with E-state index in [1.165, 1.54) is 6.07 Å². The second kappa shape index (κ2) is 6.39.